The van der Waals surface area contributed by atoms with Gasteiger partial charge in [0.2, 0.25) is 0 Å². The Morgan fingerprint density at radius 3 is 2.10 bits per heavy atom. The molecule has 0 aromatic carbocycles. The lowest BCUT2D eigenvalue weighted by Gasteiger charge is -2.35. The van der Waals surface area contributed by atoms with Gasteiger partial charge < -0.3 is 15.0 Å². The number of hydrogen-bond acceptors (Lipinski definition) is 3. The molecule has 1 aliphatic carbocycles. The molecular weight excluding hydrogens is 256 g/mol. The summed E-state index contributed by atoms with van der Waals surface area (Å²) < 4.78 is 5.59. The average molecular weight is 282 g/mol. The maximum Gasteiger partial charge on any atom is 0.312 e. The van der Waals surface area contributed by atoms with Crippen LogP contribution < -0.4 is 5.32 Å². The number of morpholine rings is 1. The van der Waals surface area contributed by atoms with Crippen molar-refractivity contribution in [3.8, 4) is 0 Å². The second-order valence-corrected chi connectivity index (χ2v) is 6.13. The molecule has 2 atom stereocenters. The van der Waals surface area contributed by atoms with E-state index >= 15 is 0 Å². The first kappa shape index (κ1) is 15.3. The highest BCUT2D eigenvalue weighted by molar-refractivity contribution is 6.35. The number of hydrogen-bond donors (Lipinski definition) is 1. The minimum Gasteiger partial charge on any atom is -0.372 e. The van der Waals surface area contributed by atoms with Gasteiger partial charge in [-0.15, -0.1) is 0 Å². The average Bonchev–Trinajstić information content (AvgIpc) is 2.65. The summed E-state index contributed by atoms with van der Waals surface area (Å²) in [7, 11) is 0. The Kier molecular flexibility index (Phi) is 5.40. The zero-order chi connectivity index (χ0) is 14.5. The Balaban J connectivity index is 1.86. The van der Waals surface area contributed by atoms with Gasteiger partial charge in [-0.3, -0.25) is 9.59 Å². The van der Waals surface area contributed by atoms with E-state index in [0.29, 0.717) is 13.1 Å². The predicted octanol–water partition coefficient (Wildman–Crippen LogP) is 1.46. The van der Waals surface area contributed by atoms with Gasteiger partial charge in [0, 0.05) is 19.1 Å². The molecule has 1 saturated heterocycles. The first-order chi connectivity index (χ1) is 9.56. The van der Waals surface area contributed by atoms with Gasteiger partial charge in [-0.05, 0) is 26.7 Å². The molecule has 2 unspecified atom stereocenters. The molecule has 0 spiro atoms. The molecule has 0 aromatic rings. The smallest absolute Gasteiger partial charge is 0.312 e. The van der Waals surface area contributed by atoms with Gasteiger partial charge in [0.05, 0.1) is 12.2 Å². The zero-order valence-corrected chi connectivity index (χ0v) is 12.6. The Hall–Kier alpha value is -1.10. The number of amides is 2. The van der Waals surface area contributed by atoms with Crippen molar-refractivity contribution in [2.75, 3.05) is 13.1 Å². The predicted molar refractivity (Wildman–Crippen MR) is 76.2 cm³/mol. The minimum absolute atomic E-state index is 0.00613. The van der Waals surface area contributed by atoms with Gasteiger partial charge >= 0.3 is 11.8 Å². The SMILES string of the molecule is CC1CN(C(=O)C(=O)NC2CCCCCC2)CC(C)O1. The van der Waals surface area contributed by atoms with E-state index in [0.717, 1.165) is 25.7 Å². The zero-order valence-electron chi connectivity index (χ0n) is 12.6. The van der Waals surface area contributed by atoms with Crippen LogP contribution in [0.2, 0.25) is 0 Å². The Morgan fingerprint density at radius 2 is 1.55 bits per heavy atom. The normalized spacial score (nSPS) is 28.8. The molecule has 0 aromatic heterocycles. The molecule has 2 rings (SSSR count). The van der Waals surface area contributed by atoms with Crippen molar-refractivity contribution in [2.24, 2.45) is 0 Å². The molecular formula is C15H26N2O3. The van der Waals surface area contributed by atoms with Crippen molar-refractivity contribution in [3.63, 3.8) is 0 Å². The maximum atomic E-state index is 12.2. The Labute approximate surface area is 121 Å². The van der Waals surface area contributed by atoms with Gasteiger partial charge in [0.25, 0.3) is 0 Å². The van der Waals surface area contributed by atoms with Crippen LogP contribution in [0.25, 0.3) is 0 Å². The monoisotopic (exact) mass is 282 g/mol. The number of carbonyl (C=O) groups excluding carboxylic acids is 2. The lowest BCUT2D eigenvalue weighted by atomic mass is 10.1. The molecule has 1 N–H and O–H groups in total. The van der Waals surface area contributed by atoms with Crippen LogP contribution in [0.4, 0.5) is 0 Å². The standard InChI is InChI=1S/C15H26N2O3/c1-11-9-17(10-12(2)20-11)15(19)14(18)16-13-7-5-3-4-6-8-13/h11-13H,3-10H2,1-2H3,(H,16,18). The molecule has 5 nitrogen and oxygen atoms in total. The molecule has 0 radical (unpaired) electrons. The molecule has 0 bridgehead atoms. The summed E-state index contributed by atoms with van der Waals surface area (Å²) in [5.74, 6) is -0.852. The van der Waals surface area contributed by atoms with Gasteiger partial charge in [-0.1, -0.05) is 25.7 Å². The molecule has 114 valence electrons. The van der Waals surface area contributed by atoms with E-state index < -0.39 is 11.8 Å². The van der Waals surface area contributed by atoms with Gasteiger partial charge in [-0.2, -0.15) is 0 Å². The third-order valence-corrected chi connectivity index (χ3v) is 4.09. The van der Waals surface area contributed by atoms with Crippen LogP contribution >= 0.6 is 0 Å². The first-order valence-electron chi connectivity index (χ1n) is 7.81. The van der Waals surface area contributed by atoms with Crippen molar-refractivity contribution in [2.45, 2.75) is 70.6 Å². The topological polar surface area (TPSA) is 58.6 Å². The fourth-order valence-electron chi connectivity index (χ4n) is 3.16. The van der Waals surface area contributed by atoms with E-state index in [2.05, 4.69) is 5.32 Å². The summed E-state index contributed by atoms with van der Waals surface area (Å²) in [5.41, 5.74) is 0. The lowest BCUT2D eigenvalue weighted by molar-refractivity contribution is -0.153. The molecule has 2 fully saturated rings. The van der Waals surface area contributed by atoms with Crippen LogP contribution in [0.15, 0.2) is 0 Å². The third kappa shape index (κ3) is 4.20. The Morgan fingerprint density at radius 1 is 1.00 bits per heavy atom. The van der Waals surface area contributed by atoms with E-state index in [4.69, 9.17) is 4.74 Å². The summed E-state index contributed by atoms with van der Waals surface area (Å²) in [6.07, 6.45) is 6.73. The summed E-state index contributed by atoms with van der Waals surface area (Å²) in [6, 6.07) is 0.171. The molecule has 2 aliphatic rings. The summed E-state index contributed by atoms with van der Waals surface area (Å²) >= 11 is 0. The van der Waals surface area contributed by atoms with Gasteiger partial charge in [0.1, 0.15) is 0 Å². The van der Waals surface area contributed by atoms with Crippen molar-refractivity contribution in [1.29, 1.82) is 0 Å². The van der Waals surface area contributed by atoms with Crippen LogP contribution in [-0.4, -0.2) is 48.1 Å². The van der Waals surface area contributed by atoms with Crippen LogP contribution in [0.3, 0.4) is 0 Å². The molecule has 5 heteroatoms. The van der Waals surface area contributed by atoms with Crippen molar-refractivity contribution >= 4 is 11.8 Å². The summed E-state index contributed by atoms with van der Waals surface area (Å²) in [4.78, 5) is 25.9. The van der Waals surface area contributed by atoms with E-state index in [9.17, 15) is 9.59 Å². The highest BCUT2D eigenvalue weighted by atomic mass is 16.5. The van der Waals surface area contributed by atoms with E-state index in [1.165, 1.54) is 12.8 Å². The second-order valence-electron chi connectivity index (χ2n) is 6.13. The quantitative estimate of drug-likeness (QED) is 0.585. The number of nitrogens with zero attached hydrogens (tertiary/aromatic N) is 1. The van der Waals surface area contributed by atoms with Crippen molar-refractivity contribution in [3.05, 3.63) is 0 Å². The van der Waals surface area contributed by atoms with Crippen LogP contribution in [0, 0.1) is 0 Å². The molecule has 20 heavy (non-hydrogen) atoms. The first-order valence-corrected chi connectivity index (χ1v) is 7.81. The summed E-state index contributed by atoms with van der Waals surface area (Å²) in [6.45, 7) is 4.86. The minimum atomic E-state index is -0.446. The van der Waals surface area contributed by atoms with Crippen molar-refractivity contribution in [1.82, 2.24) is 10.2 Å². The number of rotatable bonds is 1. The third-order valence-electron chi connectivity index (χ3n) is 4.09. The van der Waals surface area contributed by atoms with Crippen molar-refractivity contribution < 1.29 is 14.3 Å². The molecule has 2 amide bonds. The molecule has 1 saturated carbocycles. The van der Waals surface area contributed by atoms with Crippen LogP contribution in [-0.2, 0) is 14.3 Å². The molecule has 1 heterocycles. The largest absolute Gasteiger partial charge is 0.372 e. The van der Waals surface area contributed by atoms with Crippen LogP contribution in [0.5, 0.6) is 0 Å². The number of nitrogens with one attached hydrogen (secondary N) is 1. The number of carbonyl (C=O) groups is 2. The van der Waals surface area contributed by atoms with Gasteiger partial charge in [0.15, 0.2) is 0 Å². The van der Waals surface area contributed by atoms with Gasteiger partial charge in [-0.25, -0.2) is 0 Å². The lowest BCUT2D eigenvalue weighted by Crippen LogP contribution is -2.53. The van der Waals surface area contributed by atoms with Crippen LogP contribution in [0.1, 0.15) is 52.4 Å². The fourth-order valence-corrected chi connectivity index (χ4v) is 3.16. The second kappa shape index (κ2) is 7.07. The van der Waals surface area contributed by atoms with E-state index in [-0.39, 0.29) is 18.2 Å². The fraction of sp³-hybridized carbons (Fsp3) is 0.867. The number of ether oxygens (including phenoxy) is 1. The Bertz CT molecular complexity index is 341. The highest BCUT2D eigenvalue weighted by Crippen LogP contribution is 2.17. The highest BCUT2D eigenvalue weighted by Gasteiger charge is 2.30. The van der Waals surface area contributed by atoms with E-state index in [1.54, 1.807) is 4.90 Å². The maximum absolute atomic E-state index is 12.2. The molecule has 1 aliphatic heterocycles. The van der Waals surface area contributed by atoms with E-state index in [1.807, 2.05) is 13.8 Å². The summed E-state index contributed by atoms with van der Waals surface area (Å²) in [5, 5.41) is 2.91.